The number of nitrogens with zero attached hydrogens (tertiary/aromatic N) is 2. The van der Waals surface area contributed by atoms with Gasteiger partial charge in [-0.2, -0.15) is 5.10 Å². The summed E-state index contributed by atoms with van der Waals surface area (Å²) in [6.07, 6.45) is 1.73. The van der Waals surface area contributed by atoms with Gasteiger partial charge in [-0.25, -0.2) is 0 Å². The number of hydrazone groups is 1. The molecule has 0 saturated carbocycles. The lowest BCUT2D eigenvalue weighted by atomic mass is 10.2. The smallest absolute Gasteiger partial charge is 0.191 e. The van der Waals surface area contributed by atoms with Crippen LogP contribution < -0.4 is 15.6 Å². The highest BCUT2D eigenvalue weighted by atomic mass is 79.9. The Morgan fingerprint density at radius 3 is 2.55 bits per heavy atom. The predicted molar refractivity (Wildman–Crippen MR) is 102 cm³/mol. The summed E-state index contributed by atoms with van der Waals surface area (Å²) in [5.41, 5.74) is 5.82. The third-order valence-corrected chi connectivity index (χ3v) is 3.69. The Morgan fingerprint density at radius 1 is 1.18 bits per heavy atom. The topological polar surface area (TPSA) is 39.7 Å². The molecule has 0 spiro atoms. The van der Waals surface area contributed by atoms with E-state index in [1.807, 2.05) is 67.5 Å². The van der Waals surface area contributed by atoms with Crippen molar-refractivity contribution in [2.75, 3.05) is 24.3 Å². The number of thiocarbonyl (C=S) groups is 1. The second-order valence-electron chi connectivity index (χ2n) is 4.80. The zero-order valence-corrected chi connectivity index (χ0v) is 14.8. The Balaban J connectivity index is 1.92. The Bertz CT molecular complexity index is 671. The number of rotatable bonds is 4. The van der Waals surface area contributed by atoms with Gasteiger partial charge in [0.25, 0.3) is 0 Å². The molecule has 0 amide bonds. The standard InChI is InChI=1S/C16H17BrN4S/c1-21(2)15-9-8-12(10-14(15)17)11-18-20-16(22)19-13-6-4-3-5-7-13/h3-11H,1-2H3,(H2,19,20,22). The maximum atomic E-state index is 5.18. The summed E-state index contributed by atoms with van der Waals surface area (Å²) in [7, 11) is 4.01. The summed E-state index contributed by atoms with van der Waals surface area (Å²) < 4.78 is 1.02. The molecule has 114 valence electrons. The zero-order chi connectivity index (χ0) is 15.9. The van der Waals surface area contributed by atoms with E-state index in [0.29, 0.717) is 5.11 Å². The van der Waals surface area contributed by atoms with E-state index >= 15 is 0 Å². The molecule has 0 saturated heterocycles. The van der Waals surface area contributed by atoms with Crippen molar-refractivity contribution in [2.24, 2.45) is 5.10 Å². The van der Waals surface area contributed by atoms with Gasteiger partial charge < -0.3 is 10.2 Å². The molecule has 0 fully saturated rings. The molecule has 0 heterocycles. The van der Waals surface area contributed by atoms with E-state index in [2.05, 4.69) is 31.8 Å². The quantitative estimate of drug-likeness (QED) is 0.483. The minimum absolute atomic E-state index is 0.450. The minimum atomic E-state index is 0.450. The second kappa shape index (κ2) is 7.91. The van der Waals surface area contributed by atoms with Crippen LogP contribution in [0, 0.1) is 0 Å². The first-order chi connectivity index (χ1) is 10.6. The monoisotopic (exact) mass is 376 g/mol. The molecule has 0 atom stereocenters. The van der Waals surface area contributed by atoms with Crippen LogP contribution in [0.25, 0.3) is 0 Å². The van der Waals surface area contributed by atoms with Crippen LogP contribution in [0.4, 0.5) is 11.4 Å². The first-order valence-corrected chi connectivity index (χ1v) is 7.88. The van der Waals surface area contributed by atoms with Gasteiger partial charge in [-0.3, -0.25) is 5.43 Å². The largest absolute Gasteiger partial charge is 0.377 e. The molecule has 0 bridgehead atoms. The number of benzene rings is 2. The summed E-state index contributed by atoms with van der Waals surface area (Å²) in [4.78, 5) is 2.04. The van der Waals surface area contributed by atoms with Gasteiger partial charge in [0.1, 0.15) is 0 Å². The summed E-state index contributed by atoms with van der Waals surface area (Å²) in [6.45, 7) is 0. The summed E-state index contributed by atoms with van der Waals surface area (Å²) in [6, 6.07) is 15.8. The van der Waals surface area contributed by atoms with Crippen molar-refractivity contribution in [3.63, 3.8) is 0 Å². The maximum absolute atomic E-state index is 5.18. The van der Waals surface area contributed by atoms with E-state index in [0.717, 1.165) is 21.4 Å². The van der Waals surface area contributed by atoms with Gasteiger partial charge in [0.15, 0.2) is 5.11 Å². The van der Waals surface area contributed by atoms with Crippen molar-refractivity contribution in [3.8, 4) is 0 Å². The molecule has 4 nitrogen and oxygen atoms in total. The summed E-state index contributed by atoms with van der Waals surface area (Å²) >= 11 is 8.73. The molecule has 2 rings (SSSR count). The van der Waals surface area contributed by atoms with Crippen LogP contribution in [0.3, 0.4) is 0 Å². The van der Waals surface area contributed by atoms with E-state index in [9.17, 15) is 0 Å². The summed E-state index contributed by atoms with van der Waals surface area (Å²) in [5, 5.41) is 7.64. The van der Waals surface area contributed by atoms with E-state index in [1.165, 1.54) is 0 Å². The Morgan fingerprint density at radius 2 is 1.91 bits per heavy atom. The first kappa shape index (κ1) is 16.5. The van der Waals surface area contributed by atoms with Gasteiger partial charge in [-0.15, -0.1) is 0 Å². The van der Waals surface area contributed by atoms with E-state index < -0.39 is 0 Å². The molecule has 0 aliphatic carbocycles. The number of nitrogens with one attached hydrogen (secondary N) is 2. The lowest BCUT2D eigenvalue weighted by Crippen LogP contribution is -2.23. The highest BCUT2D eigenvalue weighted by molar-refractivity contribution is 9.10. The maximum Gasteiger partial charge on any atom is 0.191 e. The fourth-order valence-corrected chi connectivity index (χ4v) is 2.73. The van der Waals surface area contributed by atoms with Crippen LogP contribution in [0.15, 0.2) is 58.1 Å². The fourth-order valence-electron chi connectivity index (χ4n) is 1.81. The van der Waals surface area contributed by atoms with Crippen molar-refractivity contribution in [2.45, 2.75) is 0 Å². The normalized spacial score (nSPS) is 10.5. The van der Waals surface area contributed by atoms with E-state index in [4.69, 9.17) is 12.2 Å². The lowest BCUT2D eigenvalue weighted by Gasteiger charge is -2.14. The third kappa shape index (κ3) is 4.82. The van der Waals surface area contributed by atoms with Crippen LogP contribution >= 0.6 is 28.1 Å². The average molecular weight is 377 g/mol. The van der Waals surface area contributed by atoms with Gasteiger partial charge >= 0.3 is 0 Å². The molecule has 6 heteroatoms. The average Bonchev–Trinajstić information content (AvgIpc) is 2.48. The van der Waals surface area contributed by atoms with Crippen LogP contribution in [-0.2, 0) is 0 Å². The zero-order valence-electron chi connectivity index (χ0n) is 12.4. The predicted octanol–water partition coefficient (Wildman–Crippen LogP) is 3.84. The van der Waals surface area contributed by atoms with Crippen LogP contribution in [0.2, 0.25) is 0 Å². The fraction of sp³-hybridized carbons (Fsp3) is 0.125. The number of halogens is 1. The van der Waals surface area contributed by atoms with Crippen LogP contribution in [0.5, 0.6) is 0 Å². The molecule has 22 heavy (non-hydrogen) atoms. The molecule has 0 aromatic heterocycles. The highest BCUT2D eigenvalue weighted by Crippen LogP contribution is 2.25. The van der Waals surface area contributed by atoms with E-state index in [1.54, 1.807) is 6.21 Å². The van der Waals surface area contributed by atoms with Gasteiger partial charge in [0.05, 0.1) is 11.9 Å². The third-order valence-electron chi connectivity index (χ3n) is 2.86. The number of para-hydroxylation sites is 1. The number of anilines is 2. The first-order valence-electron chi connectivity index (χ1n) is 6.68. The lowest BCUT2D eigenvalue weighted by molar-refractivity contribution is 1.05. The van der Waals surface area contributed by atoms with Gasteiger partial charge in [-0.1, -0.05) is 24.3 Å². The molecule has 0 radical (unpaired) electrons. The number of hydrogen-bond acceptors (Lipinski definition) is 3. The molecular weight excluding hydrogens is 360 g/mol. The molecule has 2 aromatic carbocycles. The van der Waals surface area contributed by atoms with Crippen molar-refractivity contribution >= 4 is 50.8 Å². The van der Waals surface area contributed by atoms with Crippen molar-refractivity contribution in [1.29, 1.82) is 0 Å². The van der Waals surface area contributed by atoms with Crippen molar-refractivity contribution in [3.05, 3.63) is 58.6 Å². The van der Waals surface area contributed by atoms with Crippen molar-refractivity contribution < 1.29 is 0 Å². The van der Waals surface area contributed by atoms with Gasteiger partial charge in [0, 0.05) is 24.3 Å². The Hall–Kier alpha value is -1.92. The second-order valence-corrected chi connectivity index (χ2v) is 6.06. The van der Waals surface area contributed by atoms with Gasteiger partial charge in [-0.05, 0) is 58.0 Å². The molecule has 0 unspecified atom stereocenters. The Kier molecular flexibility index (Phi) is 5.91. The minimum Gasteiger partial charge on any atom is -0.377 e. The van der Waals surface area contributed by atoms with E-state index in [-0.39, 0.29) is 0 Å². The van der Waals surface area contributed by atoms with Crippen molar-refractivity contribution in [1.82, 2.24) is 5.43 Å². The highest BCUT2D eigenvalue weighted by Gasteiger charge is 2.02. The van der Waals surface area contributed by atoms with Crippen LogP contribution in [0.1, 0.15) is 5.56 Å². The molecule has 2 N–H and O–H groups in total. The number of hydrogen-bond donors (Lipinski definition) is 2. The SMILES string of the molecule is CN(C)c1ccc(C=NNC(=S)Nc2ccccc2)cc1Br. The van der Waals surface area contributed by atoms with Gasteiger partial charge in [0.2, 0.25) is 0 Å². The van der Waals surface area contributed by atoms with Crippen LogP contribution in [-0.4, -0.2) is 25.4 Å². The summed E-state index contributed by atoms with van der Waals surface area (Å²) in [5.74, 6) is 0. The molecular formula is C16H17BrN4S. The molecule has 0 aliphatic heterocycles. The Labute approximate surface area is 144 Å². The molecule has 0 aliphatic rings. The molecule has 2 aromatic rings.